The molecule has 7 nitrogen and oxygen atoms in total. The summed E-state index contributed by atoms with van der Waals surface area (Å²) in [5, 5.41) is 6.18. The predicted molar refractivity (Wildman–Crippen MR) is 93.9 cm³/mol. The first-order valence-electron chi connectivity index (χ1n) is 8.72. The maximum atomic E-state index is 12.3. The Morgan fingerprint density at radius 2 is 2.04 bits per heavy atom. The number of nitrogens with zero attached hydrogens (tertiary/aromatic N) is 2. The standard InChI is InChI=1S/C18H22N4O3/c23-17(16-12-25-18(21-16)15-2-1-7-19-15)20-13-3-5-14(6-4-13)22-8-10-24-11-9-22/h3-6,12,15,19H,1-2,7-11H2,(H,20,23). The summed E-state index contributed by atoms with van der Waals surface area (Å²) in [6.45, 7) is 4.25. The van der Waals surface area contributed by atoms with Crippen LogP contribution in [0.2, 0.25) is 0 Å². The third-order valence-corrected chi connectivity index (χ3v) is 4.61. The van der Waals surface area contributed by atoms with Crippen molar-refractivity contribution in [2.45, 2.75) is 18.9 Å². The van der Waals surface area contributed by atoms with Gasteiger partial charge in [0.2, 0.25) is 5.89 Å². The lowest BCUT2D eigenvalue weighted by atomic mass is 10.2. The van der Waals surface area contributed by atoms with Crippen molar-refractivity contribution in [3.05, 3.63) is 42.1 Å². The van der Waals surface area contributed by atoms with E-state index in [0.717, 1.165) is 57.1 Å². The van der Waals surface area contributed by atoms with E-state index < -0.39 is 0 Å². The van der Waals surface area contributed by atoms with Crippen molar-refractivity contribution in [1.82, 2.24) is 10.3 Å². The van der Waals surface area contributed by atoms with Gasteiger partial charge in [-0.1, -0.05) is 0 Å². The molecule has 0 radical (unpaired) electrons. The van der Waals surface area contributed by atoms with Crippen LogP contribution in [0.4, 0.5) is 11.4 Å². The minimum atomic E-state index is -0.257. The molecule has 132 valence electrons. The molecule has 2 N–H and O–H groups in total. The highest BCUT2D eigenvalue weighted by atomic mass is 16.5. The minimum absolute atomic E-state index is 0.120. The molecule has 1 amide bonds. The smallest absolute Gasteiger partial charge is 0.277 e. The molecule has 2 aliphatic heterocycles. The molecule has 1 aromatic carbocycles. The van der Waals surface area contributed by atoms with Crippen LogP contribution in [0.3, 0.4) is 0 Å². The Bertz CT molecular complexity index is 716. The minimum Gasteiger partial charge on any atom is -0.446 e. The molecule has 2 aliphatic rings. The quantitative estimate of drug-likeness (QED) is 0.887. The fourth-order valence-electron chi connectivity index (χ4n) is 3.22. The number of hydrogen-bond acceptors (Lipinski definition) is 6. The van der Waals surface area contributed by atoms with Gasteiger partial charge in [0.05, 0.1) is 19.3 Å². The van der Waals surface area contributed by atoms with Gasteiger partial charge in [-0.2, -0.15) is 0 Å². The number of rotatable bonds is 4. The third-order valence-electron chi connectivity index (χ3n) is 4.61. The van der Waals surface area contributed by atoms with E-state index in [1.807, 2.05) is 24.3 Å². The van der Waals surface area contributed by atoms with Gasteiger partial charge < -0.3 is 24.7 Å². The number of hydrogen-bond donors (Lipinski definition) is 2. The highest BCUT2D eigenvalue weighted by Crippen LogP contribution is 2.23. The van der Waals surface area contributed by atoms with E-state index in [-0.39, 0.29) is 11.9 Å². The van der Waals surface area contributed by atoms with E-state index in [1.165, 1.54) is 6.26 Å². The van der Waals surface area contributed by atoms with Crippen molar-refractivity contribution < 1.29 is 13.9 Å². The van der Waals surface area contributed by atoms with Gasteiger partial charge in [0.25, 0.3) is 5.91 Å². The lowest BCUT2D eigenvalue weighted by Gasteiger charge is -2.28. The maximum Gasteiger partial charge on any atom is 0.277 e. The van der Waals surface area contributed by atoms with Gasteiger partial charge in [0, 0.05) is 24.5 Å². The van der Waals surface area contributed by atoms with E-state index in [4.69, 9.17) is 9.15 Å². The molecular formula is C18H22N4O3. The summed E-state index contributed by atoms with van der Waals surface area (Å²) < 4.78 is 10.8. The molecular weight excluding hydrogens is 320 g/mol. The van der Waals surface area contributed by atoms with Crippen molar-refractivity contribution in [3.63, 3.8) is 0 Å². The Morgan fingerprint density at radius 1 is 1.24 bits per heavy atom. The second-order valence-electron chi connectivity index (χ2n) is 6.32. The Morgan fingerprint density at radius 3 is 2.76 bits per heavy atom. The number of nitrogens with one attached hydrogen (secondary N) is 2. The number of carbonyl (C=O) groups excluding carboxylic acids is 1. The van der Waals surface area contributed by atoms with Crippen molar-refractivity contribution in [2.24, 2.45) is 0 Å². The summed E-state index contributed by atoms with van der Waals surface area (Å²) in [7, 11) is 0. The monoisotopic (exact) mass is 342 g/mol. The van der Waals surface area contributed by atoms with Gasteiger partial charge in [-0.15, -0.1) is 0 Å². The van der Waals surface area contributed by atoms with E-state index in [1.54, 1.807) is 0 Å². The first kappa shape index (κ1) is 16.1. The van der Waals surface area contributed by atoms with Gasteiger partial charge in [-0.3, -0.25) is 4.79 Å². The average molecular weight is 342 g/mol. The Hall–Kier alpha value is -2.38. The fourth-order valence-corrected chi connectivity index (χ4v) is 3.22. The number of ether oxygens (including phenoxy) is 1. The van der Waals surface area contributed by atoms with Crippen LogP contribution in [-0.4, -0.2) is 43.7 Å². The number of carbonyl (C=O) groups is 1. The van der Waals surface area contributed by atoms with E-state index >= 15 is 0 Å². The van der Waals surface area contributed by atoms with Crippen molar-refractivity contribution in [3.8, 4) is 0 Å². The molecule has 1 unspecified atom stereocenters. The number of anilines is 2. The van der Waals surface area contributed by atoms with Gasteiger partial charge >= 0.3 is 0 Å². The SMILES string of the molecule is O=C(Nc1ccc(N2CCOCC2)cc1)c1coc(C2CCCN2)n1. The van der Waals surface area contributed by atoms with E-state index in [2.05, 4.69) is 20.5 Å². The maximum absolute atomic E-state index is 12.3. The molecule has 0 saturated carbocycles. The van der Waals surface area contributed by atoms with Crippen LogP contribution in [0.25, 0.3) is 0 Å². The molecule has 25 heavy (non-hydrogen) atoms. The van der Waals surface area contributed by atoms with Gasteiger partial charge in [0.15, 0.2) is 5.69 Å². The van der Waals surface area contributed by atoms with E-state index in [9.17, 15) is 4.79 Å². The summed E-state index contributed by atoms with van der Waals surface area (Å²) in [5.74, 6) is 0.331. The number of aromatic nitrogens is 1. The van der Waals surface area contributed by atoms with Gasteiger partial charge in [-0.25, -0.2) is 4.98 Å². The first-order chi connectivity index (χ1) is 12.3. The highest BCUT2D eigenvalue weighted by Gasteiger charge is 2.23. The van der Waals surface area contributed by atoms with Crippen LogP contribution in [0.5, 0.6) is 0 Å². The third kappa shape index (κ3) is 3.67. The summed E-state index contributed by atoms with van der Waals surface area (Å²) in [4.78, 5) is 18.9. The van der Waals surface area contributed by atoms with Gasteiger partial charge in [-0.05, 0) is 43.7 Å². The second kappa shape index (κ2) is 7.25. The first-order valence-corrected chi connectivity index (χ1v) is 8.72. The molecule has 3 heterocycles. The molecule has 2 fully saturated rings. The number of benzene rings is 1. The van der Waals surface area contributed by atoms with Crippen LogP contribution < -0.4 is 15.5 Å². The molecule has 1 aromatic heterocycles. The second-order valence-corrected chi connectivity index (χ2v) is 6.32. The predicted octanol–water partition coefficient (Wildman–Crippen LogP) is 2.19. The molecule has 0 spiro atoms. The van der Waals surface area contributed by atoms with Crippen molar-refractivity contribution in [1.29, 1.82) is 0 Å². The van der Waals surface area contributed by atoms with Crippen LogP contribution in [0, 0.1) is 0 Å². The molecule has 2 saturated heterocycles. The highest BCUT2D eigenvalue weighted by molar-refractivity contribution is 6.02. The van der Waals surface area contributed by atoms with Crippen LogP contribution in [0.15, 0.2) is 34.9 Å². The van der Waals surface area contributed by atoms with Crippen LogP contribution in [-0.2, 0) is 4.74 Å². The summed E-state index contributed by atoms with van der Waals surface area (Å²) in [6, 6.07) is 7.95. The summed E-state index contributed by atoms with van der Waals surface area (Å²) in [5.41, 5.74) is 2.18. The lowest BCUT2D eigenvalue weighted by Crippen LogP contribution is -2.36. The van der Waals surface area contributed by atoms with Crippen molar-refractivity contribution in [2.75, 3.05) is 43.1 Å². The van der Waals surface area contributed by atoms with E-state index in [0.29, 0.717) is 11.6 Å². The zero-order chi connectivity index (χ0) is 17.1. The lowest BCUT2D eigenvalue weighted by molar-refractivity contribution is 0.102. The van der Waals surface area contributed by atoms with Crippen molar-refractivity contribution >= 4 is 17.3 Å². The average Bonchev–Trinajstić information content (AvgIpc) is 3.35. The molecule has 4 rings (SSSR count). The number of amides is 1. The molecule has 7 heteroatoms. The largest absolute Gasteiger partial charge is 0.446 e. The van der Waals surface area contributed by atoms with Crippen LogP contribution >= 0.6 is 0 Å². The Balaban J connectivity index is 1.38. The fraction of sp³-hybridized carbons (Fsp3) is 0.444. The molecule has 1 atom stereocenters. The number of morpholine rings is 1. The van der Waals surface area contributed by atoms with Gasteiger partial charge in [0.1, 0.15) is 6.26 Å². The number of oxazole rings is 1. The molecule has 0 aliphatic carbocycles. The Labute approximate surface area is 146 Å². The Kier molecular flexibility index (Phi) is 4.67. The summed E-state index contributed by atoms with van der Waals surface area (Å²) in [6.07, 6.45) is 3.52. The van der Waals surface area contributed by atoms with Crippen LogP contribution in [0.1, 0.15) is 35.3 Å². The molecule has 0 bridgehead atoms. The normalized spacial score (nSPS) is 20.6. The molecule has 2 aromatic rings. The topological polar surface area (TPSA) is 79.6 Å². The summed E-state index contributed by atoms with van der Waals surface area (Å²) >= 11 is 0. The zero-order valence-electron chi connectivity index (χ0n) is 14.0. The zero-order valence-corrected chi connectivity index (χ0v) is 14.0.